The number of amides is 2. The summed E-state index contributed by atoms with van der Waals surface area (Å²) in [6.07, 6.45) is 3.68. The third kappa shape index (κ3) is 3.74. The number of hydrogen-bond donors (Lipinski definition) is 1. The summed E-state index contributed by atoms with van der Waals surface area (Å²) in [7, 11) is -3.58. The molecule has 0 bridgehead atoms. The molecular weight excluding hydrogens is 406 g/mol. The van der Waals surface area contributed by atoms with Crippen LogP contribution < -0.4 is 10.2 Å². The topological polar surface area (TPSA) is 96.0 Å². The smallest absolute Gasteiger partial charge is 0.243 e. The van der Waals surface area contributed by atoms with Crippen LogP contribution in [0.2, 0.25) is 0 Å². The van der Waals surface area contributed by atoms with Crippen molar-refractivity contribution in [2.45, 2.75) is 55.9 Å². The van der Waals surface area contributed by atoms with Gasteiger partial charge in [-0.15, -0.1) is 0 Å². The average Bonchev–Trinajstić information content (AvgIpc) is 3.46. The minimum absolute atomic E-state index is 0.0327. The van der Waals surface area contributed by atoms with E-state index >= 15 is 0 Å². The molecule has 0 aliphatic carbocycles. The fourth-order valence-corrected chi connectivity index (χ4v) is 5.98. The highest BCUT2D eigenvalue weighted by atomic mass is 32.2. The van der Waals surface area contributed by atoms with Gasteiger partial charge in [0.1, 0.15) is 6.54 Å². The normalized spacial score (nSPS) is 23.7. The number of anilines is 1. The number of carbonyl (C=O) groups excluding carboxylic acids is 2. The molecule has 0 saturated carbocycles. The van der Waals surface area contributed by atoms with Crippen LogP contribution in [0.1, 0.15) is 45.1 Å². The lowest BCUT2D eigenvalue weighted by Crippen LogP contribution is -2.44. The van der Waals surface area contributed by atoms with Gasteiger partial charge >= 0.3 is 0 Å². The highest BCUT2D eigenvalue weighted by Crippen LogP contribution is 2.42. The lowest BCUT2D eigenvalue weighted by Gasteiger charge is -2.20. The summed E-state index contributed by atoms with van der Waals surface area (Å²) in [6, 6.07) is 4.79. The van der Waals surface area contributed by atoms with E-state index in [-0.39, 0.29) is 29.4 Å². The number of hydrogen-bond acceptors (Lipinski definition) is 5. The minimum Gasteiger partial charge on any atom is -0.376 e. The van der Waals surface area contributed by atoms with Gasteiger partial charge in [0.05, 0.1) is 16.4 Å². The number of sulfonamides is 1. The number of rotatable bonds is 6. The Morgan fingerprint density at radius 2 is 1.97 bits per heavy atom. The molecule has 1 atom stereocenters. The van der Waals surface area contributed by atoms with Gasteiger partial charge in [0, 0.05) is 31.9 Å². The molecule has 4 rings (SSSR count). The van der Waals surface area contributed by atoms with Gasteiger partial charge in [-0.25, -0.2) is 8.42 Å². The van der Waals surface area contributed by atoms with E-state index in [9.17, 15) is 18.0 Å². The Bertz CT molecular complexity index is 947. The third-order valence-corrected chi connectivity index (χ3v) is 8.16. The molecule has 1 aromatic carbocycles. The maximum atomic E-state index is 13.1. The van der Waals surface area contributed by atoms with E-state index in [2.05, 4.69) is 5.32 Å². The van der Waals surface area contributed by atoms with E-state index in [0.717, 1.165) is 32.3 Å². The van der Waals surface area contributed by atoms with Crippen LogP contribution in [0, 0.1) is 0 Å². The second kappa shape index (κ2) is 7.94. The monoisotopic (exact) mass is 435 g/mol. The molecule has 2 amide bonds. The number of ether oxygens (including phenoxy) is 1. The molecule has 0 unspecified atom stereocenters. The summed E-state index contributed by atoms with van der Waals surface area (Å²) >= 11 is 0. The standard InChI is InChI=1S/C21H29N3O5S/c1-21(2)17-12-16(30(27,28)23-9-3-4-10-23)7-8-18(17)24(20(21)26)14-19(25)22-13-15-6-5-11-29-15/h7-8,12,15H,3-6,9-11,13-14H2,1-2H3,(H,22,25)/t15-/m1/s1. The summed E-state index contributed by atoms with van der Waals surface area (Å²) in [5.41, 5.74) is 0.332. The van der Waals surface area contributed by atoms with Gasteiger partial charge in [-0.1, -0.05) is 0 Å². The van der Waals surface area contributed by atoms with Gasteiger partial charge in [0.25, 0.3) is 0 Å². The summed E-state index contributed by atoms with van der Waals surface area (Å²) in [5.74, 6) is -0.461. The van der Waals surface area contributed by atoms with Crippen molar-refractivity contribution in [3.05, 3.63) is 23.8 Å². The van der Waals surface area contributed by atoms with Crippen molar-refractivity contribution in [3.8, 4) is 0 Å². The summed E-state index contributed by atoms with van der Waals surface area (Å²) < 4.78 is 32.9. The molecule has 3 aliphatic heterocycles. The lowest BCUT2D eigenvalue weighted by atomic mass is 9.86. The van der Waals surface area contributed by atoms with Gasteiger partial charge in [-0.3, -0.25) is 9.59 Å². The van der Waals surface area contributed by atoms with E-state index in [1.54, 1.807) is 32.0 Å². The molecule has 0 aromatic heterocycles. The predicted octanol–water partition coefficient (Wildman–Crippen LogP) is 1.39. The first kappa shape index (κ1) is 21.3. The van der Waals surface area contributed by atoms with Crippen LogP contribution in [-0.2, 0) is 29.8 Å². The Morgan fingerprint density at radius 3 is 2.63 bits per heavy atom. The maximum absolute atomic E-state index is 13.1. The van der Waals surface area contributed by atoms with Crippen LogP contribution in [0.25, 0.3) is 0 Å². The zero-order valence-electron chi connectivity index (χ0n) is 17.5. The van der Waals surface area contributed by atoms with Gasteiger partial charge in [-0.05, 0) is 63.3 Å². The van der Waals surface area contributed by atoms with E-state index in [0.29, 0.717) is 30.9 Å². The number of carbonyl (C=O) groups is 2. The first-order chi connectivity index (χ1) is 14.2. The molecule has 2 fully saturated rings. The van der Waals surface area contributed by atoms with Crippen molar-refractivity contribution in [1.82, 2.24) is 9.62 Å². The van der Waals surface area contributed by atoms with E-state index < -0.39 is 15.4 Å². The van der Waals surface area contributed by atoms with Crippen LogP contribution >= 0.6 is 0 Å². The molecule has 3 aliphatic rings. The molecular formula is C21H29N3O5S. The average molecular weight is 436 g/mol. The molecule has 8 nitrogen and oxygen atoms in total. The Balaban J connectivity index is 1.54. The number of benzene rings is 1. The van der Waals surface area contributed by atoms with Gasteiger partial charge < -0.3 is 15.0 Å². The van der Waals surface area contributed by atoms with Crippen molar-refractivity contribution in [3.63, 3.8) is 0 Å². The quantitative estimate of drug-likeness (QED) is 0.729. The maximum Gasteiger partial charge on any atom is 0.243 e. The molecule has 30 heavy (non-hydrogen) atoms. The van der Waals surface area contributed by atoms with Gasteiger partial charge in [0.15, 0.2) is 0 Å². The molecule has 9 heteroatoms. The SMILES string of the molecule is CC1(C)C(=O)N(CC(=O)NC[C@H]2CCCO2)c2ccc(S(=O)(=O)N3CCCC3)cc21. The second-order valence-electron chi connectivity index (χ2n) is 8.75. The number of nitrogens with zero attached hydrogens (tertiary/aromatic N) is 2. The fraction of sp³-hybridized carbons (Fsp3) is 0.619. The van der Waals surface area contributed by atoms with Crippen molar-refractivity contribution in [2.24, 2.45) is 0 Å². The largest absolute Gasteiger partial charge is 0.376 e. The van der Waals surface area contributed by atoms with Gasteiger partial charge in [0.2, 0.25) is 21.8 Å². The molecule has 1 aromatic rings. The minimum atomic E-state index is -3.58. The van der Waals surface area contributed by atoms with Crippen molar-refractivity contribution < 1.29 is 22.7 Å². The first-order valence-electron chi connectivity index (χ1n) is 10.6. The fourth-order valence-electron chi connectivity index (χ4n) is 4.44. The lowest BCUT2D eigenvalue weighted by molar-refractivity contribution is -0.125. The van der Waals surface area contributed by atoms with Crippen LogP contribution in [0.4, 0.5) is 5.69 Å². The Kier molecular flexibility index (Phi) is 5.63. The second-order valence-corrected chi connectivity index (χ2v) is 10.7. The molecule has 0 spiro atoms. The van der Waals surface area contributed by atoms with E-state index in [1.165, 1.54) is 9.21 Å². The third-order valence-electron chi connectivity index (χ3n) is 6.27. The predicted molar refractivity (Wildman–Crippen MR) is 112 cm³/mol. The van der Waals surface area contributed by atoms with Crippen molar-refractivity contribution >= 4 is 27.5 Å². The van der Waals surface area contributed by atoms with E-state index in [1.807, 2.05) is 0 Å². The molecule has 0 radical (unpaired) electrons. The summed E-state index contributed by atoms with van der Waals surface area (Å²) in [4.78, 5) is 27.2. The van der Waals surface area contributed by atoms with E-state index in [4.69, 9.17) is 4.74 Å². The zero-order chi connectivity index (χ0) is 21.5. The molecule has 164 valence electrons. The summed E-state index contributed by atoms with van der Waals surface area (Å²) in [6.45, 7) is 5.65. The first-order valence-corrected chi connectivity index (χ1v) is 12.0. The molecule has 1 N–H and O–H groups in total. The van der Waals surface area contributed by atoms with Crippen molar-refractivity contribution in [1.29, 1.82) is 0 Å². The molecule has 3 heterocycles. The Hall–Kier alpha value is -1.97. The zero-order valence-corrected chi connectivity index (χ0v) is 18.3. The highest BCUT2D eigenvalue weighted by molar-refractivity contribution is 7.89. The van der Waals surface area contributed by atoms with Gasteiger partial charge in [-0.2, -0.15) is 4.31 Å². The van der Waals surface area contributed by atoms with Crippen LogP contribution in [0.15, 0.2) is 23.1 Å². The highest BCUT2D eigenvalue weighted by Gasteiger charge is 2.45. The van der Waals surface area contributed by atoms with Crippen molar-refractivity contribution in [2.75, 3.05) is 37.7 Å². The number of nitrogens with one attached hydrogen (secondary N) is 1. The Morgan fingerprint density at radius 1 is 1.23 bits per heavy atom. The van der Waals surface area contributed by atoms with Crippen LogP contribution in [-0.4, -0.2) is 63.4 Å². The van der Waals surface area contributed by atoms with Crippen LogP contribution in [0.3, 0.4) is 0 Å². The van der Waals surface area contributed by atoms with Crippen LogP contribution in [0.5, 0.6) is 0 Å². The number of fused-ring (bicyclic) bond motifs is 1. The summed E-state index contributed by atoms with van der Waals surface area (Å²) in [5, 5.41) is 2.84. The molecule has 2 saturated heterocycles. The Labute approximate surface area is 177 Å².